The van der Waals surface area contributed by atoms with Crippen LogP contribution in [0.25, 0.3) is 22.4 Å². The number of carbonyl (C=O) groups excluding carboxylic acids is 1. The zero-order valence-corrected chi connectivity index (χ0v) is 17.3. The van der Waals surface area contributed by atoms with Gasteiger partial charge >= 0.3 is 6.03 Å². The number of aromatic nitrogens is 1. The summed E-state index contributed by atoms with van der Waals surface area (Å²) in [4.78, 5) is 17.3. The van der Waals surface area contributed by atoms with Crippen LogP contribution in [-0.2, 0) is 0 Å². The van der Waals surface area contributed by atoms with Crippen LogP contribution in [0.3, 0.4) is 0 Å². The summed E-state index contributed by atoms with van der Waals surface area (Å²) >= 11 is 1.36. The van der Waals surface area contributed by atoms with Gasteiger partial charge in [-0.1, -0.05) is 78.9 Å². The van der Waals surface area contributed by atoms with Crippen LogP contribution < -0.4 is 10.6 Å². The molecule has 0 bridgehead atoms. The topological polar surface area (TPSA) is 67.2 Å². The van der Waals surface area contributed by atoms with Gasteiger partial charge in [-0.3, -0.25) is 5.32 Å². The minimum absolute atomic E-state index is 0.266. The van der Waals surface area contributed by atoms with Crippen molar-refractivity contribution in [1.82, 2.24) is 10.3 Å². The number of furan rings is 1. The van der Waals surface area contributed by atoms with Crippen molar-refractivity contribution in [3.05, 3.63) is 108 Å². The number of para-hydroxylation sites is 1. The maximum atomic E-state index is 12.8. The van der Waals surface area contributed by atoms with E-state index in [1.165, 1.54) is 11.3 Å². The van der Waals surface area contributed by atoms with Crippen LogP contribution in [0.1, 0.15) is 17.2 Å². The lowest BCUT2D eigenvalue weighted by molar-refractivity contribution is 0.250. The third kappa shape index (κ3) is 4.20. The summed E-state index contributed by atoms with van der Waals surface area (Å²) in [5.74, 6) is 0.678. The van der Waals surface area contributed by atoms with E-state index >= 15 is 0 Å². The molecular formula is C25H19N3O2S. The molecule has 3 aromatic carbocycles. The van der Waals surface area contributed by atoms with E-state index in [0.29, 0.717) is 16.6 Å². The van der Waals surface area contributed by atoms with Gasteiger partial charge in [-0.2, -0.15) is 0 Å². The fourth-order valence-corrected chi connectivity index (χ4v) is 4.16. The molecule has 0 fully saturated rings. The molecule has 2 amide bonds. The number of thiazole rings is 1. The van der Waals surface area contributed by atoms with Gasteiger partial charge in [0.25, 0.3) is 0 Å². The van der Waals surface area contributed by atoms with Crippen LogP contribution in [0.15, 0.2) is 101 Å². The molecule has 152 valence electrons. The van der Waals surface area contributed by atoms with E-state index in [1.807, 2.05) is 96.4 Å². The minimum Gasteiger partial charge on any atom is -0.454 e. The standard InChI is InChI=1S/C25H19N3O2S/c29-24(27-23(17-9-3-1-4-10-17)18-11-5-2-6-12-18)28-25-26-20(16-31-25)22-15-19-13-7-8-14-21(19)30-22/h1-16,23H,(H2,26,27,28,29). The Morgan fingerprint density at radius 3 is 2.19 bits per heavy atom. The van der Waals surface area contributed by atoms with Crippen molar-refractivity contribution in [2.45, 2.75) is 6.04 Å². The molecule has 0 saturated heterocycles. The lowest BCUT2D eigenvalue weighted by atomic mass is 9.99. The van der Waals surface area contributed by atoms with E-state index in [4.69, 9.17) is 4.42 Å². The second-order valence-corrected chi connectivity index (χ2v) is 7.90. The molecule has 5 nitrogen and oxygen atoms in total. The van der Waals surface area contributed by atoms with Crippen LogP contribution in [-0.4, -0.2) is 11.0 Å². The quantitative estimate of drug-likeness (QED) is 0.339. The molecular weight excluding hydrogens is 406 g/mol. The zero-order chi connectivity index (χ0) is 21.0. The summed E-state index contributed by atoms with van der Waals surface area (Å²) in [5, 5.41) is 9.31. The van der Waals surface area contributed by atoms with Gasteiger partial charge in [-0.25, -0.2) is 9.78 Å². The maximum Gasteiger partial charge on any atom is 0.321 e. The van der Waals surface area contributed by atoms with Crippen molar-refractivity contribution < 1.29 is 9.21 Å². The van der Waals surface area contributed by atoms with Crippen LogP contribution in [0.2, 0.25) is 0 Å². The second-order valence-electron chi connectivity index (χ2n) is 7.04. The zero-order valence-electron chi connectivity index (χ0n) is 16.5. The summed E-state index contributed by atoms with van der Waals surface area (Å²) in [6, 6.07) is 29.0. The Labute approximate surface area is 183 Å². The van der Waals surface area contributed by atoms with Gasteiger partial charge in [-0.15, -0.1) is 11.3 Å². The molecule has 0 unspecified atom stereocenters. The molecule has 2 aromatic heterocycles. The summed E-state index contributed by atoms with van der Waals surface area (Å²) in [7, 11) is 0. The summed E-state index contributed by atoms with van der Waals surface area (Å²) in [6.45, 7) is 0. The summed E-state index contributed by atoms with van der Waals surface area (Å²) in [6.07, 6.45) is 0. The lowest BCUT2D eigenvalue weighted by Crippen LogP contribution is -2.33. The Hall–Kier alpha value is -3.90. The normalized spacial score (nSPS) is 11.0. The van der Waals surface area contributed by atoms with Crippen LogP contribution in [0, 0.1) is 0 Å². The lowest BCUT2D eigenvalue weighted by Gasteiger charge is -2.19. The molecule has 31 heavy (non-hydrogen) atoms. The van der Waals surface area contributed by atoms with E-state index in [-0.39, 0.29) is 12.1 Å². The predicted molar refractivity (Wildman–Crippen MR) is 124 cm³/mol. The number of carbonyl (C=O) groups is 1. The molecule has 5 aromatic rings. The highest BCUT2D eigenvalue weighted by molar-refractivity contribution is 7.14. The Kier molecular flexibility index (Phi) is 5.21. The molecule has 0 aliphatic carbocycles. The molecule has 0 radical (unpaired) electrons. The summed E-state index contributed by atoms with van der Waals surface area (Å²) in [5.41, 5.74) is 3.52. The molecule has 6 heteroatoms. The number of anilines is 1. The average molecular weight is 426 g/mol. The van der Waals surface area contributed by atoms with Gasteiger partial charge in [0, 0.05) is 10.8 Å². The van der Waals surface area contributed by atoms with Gasteiger partial charge < -0.3 is 9.73 Å². The number of hydrogen-bond donors (Lipinski definition) is 2. The monoisotopic (exact) mass is 425 g/mol. The average Bonchev–Trinajstić information content (AvgIpc) is 3.45. The first kappa shape index (κ1) is 19.1. The van der Waals surface area contributed by atoms with Crippen LogP contribution >= 0.6 is 11.3 Å². The van der Waals surface area contributed by atoms with Crippen molar-refractivity contribution in [1.29, 1.82) is 0 Å². The van der Waals surface area contributed by atoms with E-state index in [2.05, 4.69) is 15.6 Å². The Morgan fingerprint density at radius 1 is 0.871 bits per heavy atom. The highest BCUT2D eigenvalue weighted by Gasteiger charge is 2.18. The van der Waals surface area contributed by atoms with Crippen molar-refractivity contribution in [3.63, 3.8) is 0 Å². The Bertz CT molecular complexity index is 1240. The van der Waals surface area contributed by atoms with Gasteiger partial charge in [-0.05, 0) is 23.3 Å². The number of nitrogens with one attached hydrogen (secondary N) is 2. The van der Waals surface area contributed by atoms with E-state index < -0.39 is 0 Å². The first-order valence-corrected chi connectivity index (χ1v) is 10.8. The van der Waals surface area contributed by atoms with Gasteiger partial charge in [0.1, 0.15) is 11.3 Å². The molecule has 5 rings (SSSR count). The van der Waals surface area contributed by atoms with Crippen molar-refractivity contribution >= 4 is 33.5 Å². The van der Waals surface area contributed by atoms with Gasteiger partial charge in [0.15, 0.2) is 10.9 Å². The van der Waals surface area contributed by atoms with Crippen LogP contribution in [0.5, 0.6) is 0 Å². The first-order valence-electron chi connectivity index (χ1n) is 9.88. The first-order chi connectivity index (χ1) is 15.3. The number of urea groups is 1. The highest BCUT2D eigenvalue weighted by atomic mass is 32.1. The Balaban J connectivity index is 1.33. The maximum absolute atomic E-state index is 12.8. The molecule has 0 aliphatic heterocycles. The largest absolute Gasteiger partial charge is 0.454 e. The molecule has 0 spiro atoms. The summed E-state index contributed by atoms with van der Waals surface area (Å²) < 4.78 is 5.87. The smallest absolute Gasteiger partial charge is 0.321 e. The molecule has 0 aliphatic rings. The fraction of sp³-hybridized carbons (Fsp3) is 0.0400. The number of hydrogen-bond acceptors (Lipinski definition) is 4. The molecule has 2 heterocycles. The number of fused-ring (bicyclic) bond motifs is 1. The number of nitrogens with zero attached hydrogens (tertiary/aromatic N) is 1. The number of rotatable bonds is 5. The third-order valence-corrected chi connectivity index (χ3v) is 5.70. The minimum atomic E-state index is -0.316. The van der Waals surface area contributed by atoms with E-state index in [9.17, 15) is 4.79 Å². The SMILES string of the molecule is O=C(Nc1nc(-c2cc3ccccc3o2)cs1)NC(c1ccccc1)c1ccccc1. The Morgan fingerprint density at radius 2 is 1.52 bits per heavy atom. The molecule has 0 atom stereocenters. The number of amides is 2. The second kappa shape index (κ2) is 8.45. The van der Waals surface area contributed by atoms with Crippen molar-refractivity contribution in [2.75, 3.05) is 5.32 Å². The van der Waals surface area contributed by atoms with Crippen molar-refractivity contribution in [2.24, 2.45) is 0 Å². The van der Waals surface area contributed by atoms with Crippen molar-refractivity contribution in [3.8, 4) is 11.5 Å². The van der Waals surface area contributed by atoms with Gasteiger partial charge in [0.2, 0.25) is 0 Å². The number of benzene rings is 3. The molecule has 0 saturated carbocycles. The highest BCUT2D eigenvalue weighted by Crippen LogP contribution is 2.30. The van der Waals surface area contributed by atoms with Gasteiger partial charge in [0.05, 0.1) is 6.04 Å². The van der Waals surface area contributed by atoms with E-state index in [1.54, 1.807) is 0 Å². The molecule has 2 N–H and O–H groups in total. The van der Waals surface area contributed by atoms with Crippen LogP contribution in [0.4, 0.5) is 9.93 Å². The third-order valence-electron chi connectivity index (χ3n) is 4.94. The fourth-order valence-electron chi connectivity index (χ4n) is 3.47. The predicted octanol–water partition coefficient (Wildman–Crippen LogP) is 6.47. The van der Waals surface area contributed by atoms with E-state index in [0.717, 1.165) is 22.1 Å².